The van der Waals surface area contributed by atoms with E-state index in [4.69, 9.17) is 0 Å². The summed E-state index contributed by atoms with van der Waals surface area (Å²) >= 11 is 0. The van der Waals surface area contributed by atoms with Crippen molar-refractivity contribution in [3.63, 3.8) is 0 Å². The Morgan fingerprint density at radius 3 is 2.81 bits per heavy atom. The summed E-state index contributed by atoms with van der Waals surface area (Å²) in [7, 11) is 1.99. The molecule has 1 fully saturated rings. The lowest BCUT2D eigenvalue weighted by Crippen LogP contribution is -2.49. The number of nitrogens with one attached hydrogen (secondary N) is 1. The van der Waals surface area contributed by atoms with Crippen LogP contribution in [-0.4, -0.2) is 37.0 Å². The summed E-state index contributed by atoms with van der Waals surface area (Å²) in [5.41, 5.74) is 0. The van der Waals surface area contributed by atoms with Crippen molar-refractivity contribution in [2.75, 3.05) is 20.1 Å². The van der Waals surface area contributed by atoms with Crippen molar-refractivity contribution >= 4 is 5.91 Å². The minimum atomic E-state index is 0.225. The summed E-state index contributed by atoms with van der Waals surface area (Å²) in [6, 6.07) is 0.430. The zero-order valence-corrected chi connectivity index (χ0v) is 11.1. The molecule has 1 rings (SSSR count). The van der Waals surface area contributed by atoms with Crippen molar-refractivity contribution in [1.82, 2.24) is 10.2 Å². The van der Waals surface area contributed by atoms with Gasteiger partial charge in [0.1, 0.15) is 0 Å². The summed E-state index contributed by atoms with van der Waals surface area (Å²) in [5, 5.41) is 3.34. The van der Waals surface area contributed by atoms with Gasteiger partial charge >= 0.3 is 0 Å². The lowest BCUT2D eigenvalue weighted by Gasteiger charge is -2.35. The number of hydrogen-bond acceptors (Lipinski definition) is 2. The van der Waals surface area contributed by atoms with E-state index in [0.717, 1.165) is 32.4 Å². The lowest BCUT2D eigenvalue weighted by atomic mass is 9.95. The number of hydrogen-bond donors (Lipinski definition) is 1. The maximum Gasteiger partial charge on any atom is 0.225 e. The monoisotopic (exact) mass is 226 g/mol. The smallest absolute Gasteiger partial charge is 0.225 e. The second kappa shape index (κ2) is 6.24. The van der Waals surface area contributed by atoms with Crippen molar-refractivity contribution in [3.05, 3.63) is 0 Å². The normalized spacial score (nSPS) is 25.6. The fourth-order valence-corrected chi connectivity index (χ4v) is 2.39. The number of piperidine rings is 1. The van der Waals surface area contributed by atoms with Crippen LogP contribution in [0.15, 0.2) is 0 Å². The molecule has 94 valence electrons. The average molecular weight is 226 g/mol. The van der Waals surface area contributed by atoms with Gasteiger partial charge in [-0.25, -0.2) is 0 Å². The maximum atomic E-state index is 12.0. The second-order valence-electron chi connectivity index (χ2n) is 5.11. The number of carbonyl (C=O) groups excluding carboxylic acids is 1. The molecular formula is C13H26N2O. The molecule has 3 nitrogen and oxygen atoms in total. The van der Waals surface area contributed by atoms with Gasteiger partial charge in [0.15, 0.2) is 0 Å². The fraction of sp³-hybridized carbons (Fsp3) is 0.923. The predicted molar refractivity (Wildman–Crippen MR) is 67.3 cm³/mol. The Kier molecular flexibility index (Phi) is 5.26. The van der Waals surface area contributed by atoms with Gasteiger partial charge in [0.25, 0.3) is 0 Å². The molecule has 16 heavy (non-hydrogen) atoms. The molecule has 1 aliphatic heterocycles. The topological polar surface area (TPSA) is 32.3 Å². The van der Waals surface area contributed by atoms with E-state index < -0.39 is 0 Å². The molecule has 1 heterocycles. The minimum absolute atomic E-state index is 0.225. The molecule has 1 aliphatic rings. The van der Waals surface area contributed by atoms with Gasteiger partial charge in [0, 0.05) is 25.0 Å². The summed E-state index contributed by atoms with van der Waals surface area (Å²) in [6.07, 6.45) is 3.37. The molecule has 0 saturated carbocycles. The molecular weight excluding hydrogens is 200 g/mol. The minimum Gasteiger partial charge on any atom is -0.341 e. The Morgan fingerprint density at radius 1 is 1.56 bits per heavy atom. The highest BCUT2D eigenvalue weighted by molar-refractivity contribution is 5.79. The molecule has 0 aromatic heterocycles. The molecule has 0 aliphatic carbocycles. The standard InChI is InChI=1S/C13H26N2O/c1-5-10(2)12(14-4)9-15-8-6-7-11(3)13(15)16/h10-12,14H,5-9H2,1-4H3. The molecule has 0 radical (unpaired) electrons. The highest BCUT2D eigenvalue weighted by Crippen LogP contribution is 2.19. The predicted octanol–water partition coefficient (Wildman–Crippen LogP) is 1.88. The van der Waals surface area contributed by atoms with E-state index in [9.17, 15) is 4.79 Å². The van der Waals surface area contributed by atoms with E-state index in [1.165, 1.54) is 0 Å². The third kappa shape index (κ3) is 3.21. The average Bonchev–Trinajstić information content (AvgIpc) is 2.30. The number of carbonyl (C=O) groups is 1. The number of nitrogens with zero attached hydrogens (tertiary/aromatic N) is 1. The summed E-state index contributed by atoms with van der Waals surface area (Å²) in [6.45, 7) is 8.31. The van der Waals surface area contributed by atoms with Crippen LogP contribution in [0.5, 0.6) is 0 Å². The van der Waals surface area contributed by atoms with E-state index >= 15 is 0 Å². The van der Waals surface area contributed by atoms with Crippen LogP contribution >= 0.6 is 0 Å². The van der Waals surface area contributed by atoms with Crippen molar-refractivity contribution < 1.29 is 4.79 Å². The van der Waals surface area contributed by atoms with Crippen LogP contribution < -0.4 is 5.32 Å². The van der Waals surface area contributed by atoms with Crippen LogP contribution in [0.25, 0.3) is 0 Å². The maximum absolute atomic E-state index is 12.0. The molecule has 0 aromatic rings. The third-order valence-corrected chi connectivity index (χ3v) is 3.92. The molecule has 1 amide bonds. The molecule has 0 spiro atoms. The molecule has 0 bridgehead atoms. The Labute approximate surface area is 99.6 Å². The second-order valence-corrected chi connectivity index (χ2v) is 5.11. The number of amides is 1. The first-order valence-electron chi connectivity index (χ1n) is 6.56. The van der Waals surface area contributed by atoms with Gasteiger partial charge in [-0.15, -0.1) is 0 Å². The molecule has 1 N–H and O–H groups in total. The van der Waals surface area contributed by atoms with Crippen LogP contribution in [0.2, 0.25) is 0 Å². The largest absolute Gasteiger partial charge is 0.341 e. The number of likely N-dealkylation sites (tertiary alicyclic amines) is 1. The first-order chi connectivity index (χ1) is 7.60. The first-order valence-corrected chi connectivity index (χ1v) is 6.56. The van der Waals surface area contributed by atoms with Crippen molar-refractivity contribution in [3.8, 4) is 0 Å². The van der Waals surface area contributed by atoms with E-state index in [0.29, 0.717) is 17.9 Å². The van der Waals surface area contributed by atoms with Crippen LogP contribution in [0.4, 0.5) is 0 Å². The molecule has 1 saturated heterocycles. The van der Waals surface area contributed by atoms with Crippen LogP contribution in [0.3, 0.4) is 0 Å². The Balaban J connectivity index is 2.53. The molecule has 3 atom stereocenters. The van der Waals surface area contributed by atoms with Gasteiger partial charge < -0.3 is 10.2 Å². The van der Waals surface area contributed by atoms with Crippen LogP contribution in [0.1, 0.15) is 40.0 Å². The van der Waals surface area contributed by atoms with Gasteiger partial charge in [-0.1, -0.05) is 27.2 Å². The van der Waals surface area contributed by atoms with Crippen LogP contribution in [0, 0.1) is 11.8 Å². The van der Waals surface area contributed by atoms with E-state index in [-0.39, 0.29) is 5.92 Å². The van der Waals surface area contributed by atoms with Crippen molar-refractivity contribution in [2.24, 2.45) is 11.8 Å². The van der Waals surface area contributed by atoms with E-state index in [1.807, 2.05) is 18.9 Å². The van der Waals surface area contributed by atoms with Crippen molar-refractivity contribution in [1.29, 1.82) is 0 Å². The number of rotatable bonds is 5. The van der Waals surface area contributed by atoms with Gasteiger partial charge in [-0.3, -0.25) is 4.79 Å². The Morgan fingerprint density at radius 2 is 2.25 bits per heavy atom. The highest BCUT2D eigenvalue weighted by atomic mass is 16.2. The highest BCUT2D eigenvalue weighted by Gasteiger charge is 2.27. The lowest BCUT2D eigenvalue weighted by molar-refractivity contribution is -0.138. The summed E-state index contributed by atoms with van der Waals surface area (Å²) < 4.78 is 0. The zero-order chi connectivity index (χ0) is 12.1. The first kappa shape index (κ1) is 13.5. The summed E-state index contributed by atoms with van der Waals surface area (Å²) in [5.74, 6) is 1.19. The SMILES string of the molecule is CCC(C)C(CN1CCCC(C)C1=O)NC. The van der Waals surface area contributed by atoms with Crippen LogP contribution in [-0.2, 0) is 4.79 Å². The zero-order valence-electron chi connectivity index (χ0n) is 11.1. The summed E-state index contributed by atoms with van der Waals surface area (Å²) in [4.78, 5) is 14.0. The third-order valence-electron chi connectivity index (χ3n) is 3.92. The van der Waals surface area contributed by atoms with E-state index in [1.54, 1.807) is 0 Å². The fourth-order valence-electron chi connectivity index (χ4n) is 2.39. The Bertz CT molecular complexity index is 230. The quantitative estimate of drug-likeness (QED) is 0.776. The van der Waals surface area contributed by atoms with Gasteiger partial charge in [-0.05, 0) is 25.8 Å². The molecule has 0 aromatic carbocycles. The van der Waals surface area contributed by atoms with Gasteiger partial charge in [-0.2, -0.15) is 0 Å². The van der Waals surface area contributed by atoms with Gasteiger partial charge in [0.2, 0.25) is 5.91 Å². The van der Waals surface area contributed by atoms with Gasteiger partial charge in [0.05, 0.1) is 0 Å². The Hall–Kier alpha value is -0.570. The van der Waals surface area contributed by atoms with E-state index in [2.05, 4.69) is 19.2 Å². The molecule has 3 unspecified atom stereocenters. The molecule has 3 heteroatoms. The van der Waals surface area contributed by atoms with Crippen molar-refractivity contribution in [2.45, 2.75) is 46.1 Å². The number of likely N-dealkylation sites (N-methyl/N-ethyl adjacent to an activating group) is 1.